The van der Waals surface area contributed by atoms with E-state index in [4.69, 9.17) is 19.2 Å². The van der Waals surface area contributed by atoms with E-state index in [-0.39, 0.29) is 28.8 Å². The standard InChI is InChI=1S/C24H23FN6O6S/c1-13-8-9-19(37-13)23-28-29-24(31(23)21-17(35-3)6-5-7-18(21)36-4)30-38(33,34)14(2)22(32)20-16(25)10-15(11-26)12-27-20/h5-10,12,14,22,32H,1-4H3,(H,29,30)/t14-,22-/m1/s1. The molecule has 0 radical (unpaired) electrons. The molecule has 3 heterocycles. The molecule has 14 heteroatoms. The molecule has 198 valence electrons. The predicted octanol–water partition coefficient (Wildman–Crippen LogP) is 3.12. The van der Waals surface area contributed by atoms with Crippen LogP contribution in [0.3, 0.4) is 0 Å². The molecule has 12 nitrogen and oxygen atoms in total. The van der Waals surface area contributed by atoms with Crippen LogP contribution in [-0.4, -0.2) is 52.7 Å². The average molecular weight is 543 g/mol. The van der Waals surface area contributed by atoms with Crippen LogP contribution in [0.2, 0.25) is 0 Å². The summed E-state index contributed by atoms with van der Waals surface area (Å²) in [6, 6.07) is 10.9. The van der Waals surface area contributed by atoms with Gasteiger partial charge in [-0.1, -0.05) is 6.07 Å². The fraction of sp³-hybridized carbons (Fsp3) is 0.250. The fourth-order valence-electron chi connectivity index (χ4n) is 3.67. The normalized spacial score (nSPS) is 13.0. The molecule has 0 amide bonds. The van der Waals surface area contributed by atoms with Crippen LogP contribution in [0.4, 0.5) is 10.3 Å². The van der Waals surface area contributed by atoms with Crippen LogP contribution in [0.5, 0.6) is 11.5 Å². The second-order valence-electron chi connectivity index (χ2n) is 8.10. The number of pyridine rings is 1. The van der Waals surface area contributed by atoms with Crippen molar-refractivity contribution < 1.29 is 31.8 Å². The number of anilines is 1. The van der Waals surface area contributed by atoms with Crippen molar-refractivity contribution in [2.24, 2.45) is 0 Å². The minimum Gasteiger partial charge on any atom is -0.494 e. The molecule has 2 atom stereocenters. The van der Waals surface area contributed by atoms with Gasteiger partial charge < -0.3 is 19.0 Å². The van der Waals surface area contributed by atoms with E-state index in [1.54, 1.807) is 43.3 Å². The number of aromatic nitrogens is 4. The Morgan fingerprint density at radius 2 is 1.87 bits per heavy atom. The van der Waals surface area contributed by atoms with Crippen LogP contribution >= 0.6 is 0 Å². The van der Waals surface area contributed by atoms with Gasteiger partial charge in [0.1, 0.15) is 51.9 Å². The highest BCUT2D eigenvalue weighted by atomic mass is 32.2. The van der Waals surface area contributed by atoms with Gasteiger partial charge in [0.15, 0.2) is 5.76 Å². The fourth-order valence-corrected chi connectivity index (χ4v) is 4.71. The zero-order valence-electron chi connectivity index (χ0n) is 20.7. The number of furan rings is 1. The molecule has 0 fully saturated rings. The van der Waals surface area contributed by atoms with E-state index in [0.717, 1.165) is 12.3 Å². The average Bonchev–Trinajstić information content (AvgIpc) is 3.52. The van der Waals surface area contributed by atoms with Gasteiger partial charge in [0.25, 0.3) is 0 Å². The highest BCUT2D eigenvalue weighted by Crippen LogP contribution is 2.38. The van der Waals surface area contributed by atoms with Crippen molar-refractivity contribution in [2.45, 2.75) is 25.2 Å². The van der Waals surface area contributed by atoms with E-state index in [0.29, 0.717) is 17.3 Å². The number of para-hydroxylation sites is 1. The second kappa shape index (κ2) is 10.5. The van der Waals surface area contributed by atoms with Crippen molar-refractivity contribution in [1.82, 2.24) is 19.7 Å². The lowest BCUT2D eigenvalue weighted by Crippen LogP contribution is -2.32. The van der Waals surface area contributed by atoms with Gasteiger partial charge in [-0.25, -0.2) is 12.8 Å². The Kier molecular flexibility index (Phi) is 7.33. The molecule has 4 rings (SSSR count). The molecule has 2 N–H and O–H groups in total. The summed E-state index contributed by atoms with van der Waals surface area (Å²) < 4.78 is 61.5. The van der Waals surface area contributed by atoms with E-state index in [1.165, 1.54) is 25.7 Å². The first kappa shape index (κ1) is 26.6. The minimum absolute atomic E-state index is 0.0772. The number of methoxy groups -OCH3 is 2. The van der Waals surface area contributed by atoms with Crippen LogP contribution in [0, 0.1) is 24.1 Å². The summed E-state index contributed by atoms with van der Waals surface area (Å²) in [5.74, 6) is 0.326. The number of nitrogens with one attached hydrogen (secondary N) is 1. The summed E-state index contributed by atoms with van der Waals surface area (Å²) in [5, 5.41) is 26.1. The maximum absolute atomic E-state index is 14.5. The Hall–Kier alpha value is -4.48. The number of hydrogen-bond donors (Lipinski definition) is 2. The number of nitriles is 1. The summed E-state index contributed by atoms with van der Waals surface area (Å²) in [7, 11) is -1.57. The third kappa shape index (κ3) is 4.89. The molecule has 0 saturated carbocycles. The Morgan fingerprint density at radius 1 is 1.18 bits per heavy atom. The lowest BCUT2D eigenvalue weighted by molar-refractivity contribution is 0.166. The molecule has 0 aliphatic carbocycles. The van der Waals surface area contributed by atoms with Crippen LogP contribution in [0.15, 0.2) is 47.0 Å². The molecule has 0 spiro atoms. The largest absolute Gasteiger partial charge is 0.494 e. The quantitative estimate of drug-likeness (QED) is 0.321. The van der Waals surface area contributed by atoms with Crippen LogP contribution < -0.4 is 14.2 Å². The third-order valence-electron chi connectivity index (χ3n) is 5.70. The molecule has 0 aliphatic rings. The lowest BCUT2D eigenvalue weighted by atomic mass is 10.1. The van der Waals surface area contributed by atoms with Gasteiger partial charge in [0, 0.05) is 6.20 Å². The molecule has 3 aromatic heterocycles. The van der Waals surface area contributed by atoms with E-state index < -0.39 is 32.9 Å². The molecule has 0 aliphatic heterocycles. The van der Waals surface area contributed by atoms with Crippen LogP contribution in [0.25, 0.3) is 17.3 Å². The summed E-state index contributed by atoms with van der Waals surface area (Å²) >= 11 is 0. The van der Waals surface area contributed by atoms with Crippen molar-refractivity contribution >= 4 is 16.0 Å². The molecular weight excluding hydrogens is 519 g/mol. The number of aliphatic hydroxyl groups is 1. The first-order valence-corrected chi connectivity index (χ1v) is 12.6. The summed E-state index contributed by atoms with van der Waals surface area (Å²) in [6.45, 7) is 2.91. The first-order chi connectivity index (χ1) is 18.1. The van der Waals surface area contributed by atoms with Crippen LogP contribution in [0.1, 0.15) is 30.0 Å². The number of hydrogen-bond acceptors (Lipinski definition) is 10. The number of benzene rings is 1. The van der Waals surface area contributed by atoms with Gasteiger partial charge in [0.2, 0.25) is 21.8 Å². The van der Waals surface area contributed by atoms with Gasteiger partial charge in [-0.3, -0.25) is 14.3 Å². The van der Waals surface area contributed by atoms with Gasteiger partial charge in [-0.15, -0.1) is 10.2 Å². The highest BCUT2D eigenvalue weighted by Gasteiger charge is 2.34. The second-order valence-corrected chi connectivity index (χ2v) is 10.1. The molecule has 0 saturated heterocycles. The Morgan fingerprint density at radius 3 is 2.42 bits per heavy atom. The van der Waals surface area contributed by atoms with Crippen molar-refractivity contribution in [3.63, 3.8) is 0 Å². The monoisotopic (exact) mass is 542 g/mol. The van der Waals surface area contributed by atoms with Crippen molar-refractivity contribution in [3.05, 3.63) is 65.4 Å². The summed E-state index contributed by atoms with van der Waals surface area (Å²) in [5.41, 5.74) is -0.328. The summed E-state index contributed by atoms with van der Waals surface area (Å²) in [4.78, 5) is 3.73. The molecule has 4 aromatic rings. The van der Waals surface area contributed by atoms with Gasteiger partial charge in [-0.05, 0) is 44.2 Å². The van der Waals surface area contributed by atoms with Gasteiger partial charge in [-0.2, -0.15) is 5.26 Å². The number of ether oxygens (including phenoxy) is 2. The van der Waals surface area contributed by atoms with Crippen molar-refractivity contribution in [2.75, 3.05) is 18.9 Å². The zero-order valence-corrected chi connectivity index (χ0v) is 21.5. The van der Waals surface area contributed by atoms with E-state index in [2.05, 4.69) is 19.9 Å². The van der Waals surface area contributed by atoms with Crippen LogP contribution in [-0.2, 0) is 10.0 Å². The number of aliphatic hydroxyl groups excluding tert-OH is 1. The topological polar surface area (TPSA) is 165 Å². The lowest BCUT2D eigenvalue weighted by Gasteiger charge is -2.21. The SMILES string of the molecule is COc1cccc(OC)c1-n1c(NS(=O)(=O)[C@H](C)[C@@H](O)c2ncc(C#N)cc2F)nnc1-c1ccc(C)o1. The molecule has 0 unspecified atom stereocenters. The Bertz CT molecular complexity index is 1610. The number of sulfonamides is 1. The maximum Gasteiger partial charge on any atom is 0.243 e. The zero-order chi connectivity index (χ0) is 27.6. The first-order valence-electron chi connectivity index (χ1n) is 11.1. The number of nitrogens with zero attached hydrogens (tertiary/aromatic N) is 5. The molecule has 0 bridgehead atoms. The van der Waals surface area contributed by atoms with E-state index in [9.17, 15) is 17.9 Å². The van der Waals surface area contributed by atoms with Gasteiger partial charge >= 0.3 is 0 Å². The number of aryl methyl sites for hydroxylation is 1. The Labute approximate surface area is 217 Å². The van der Waals surface area contributed by atoms with E-state index in [1.807, 2.05) is 0 Å². The third-order valence-corrected chi connectivity index (χ3v) is 7.40. The predicted molar refractivity (Wildman–Crippen MR) is 133 cm³/mol. The molecule has 38 heavy (non-hydrogen) atoms. The van der Waals surface area contributed by atoms with Crippen molar-refractivity contribution in [1.29, 1.82) is 5.26 Å². The smallest absolute Gasteiger partial charge is 0.243 e. The maximum atomic E-state index is 14.5. The number of halogens is 1. The van der Waals surface area contributed by atoms with Gasteiger partial charge in [0.05, 0.1) is 19.8 Å². The molecular formula is C24H23FN6O6S. The minimum atomic E-state index is -4.43. The van der Waals surface area contributed by atoms with E-state index >= 15 is 0 Å². The number of rotatable bonds is 9. The molecule has 1 aromatic carbocycles. The highest BCUT2D eigenvalue weighted by molar-refractivity contribution is 7.93. The Balaban J connectivity index is 1.81. The van der Waals surface area contributed by atoms with Crippen molar-refractivity contribution in [3.8, 4) is 34.8 Å². The summed E-state index contributed by atoms with van der Waals surface area (Å²) in [6.07, 6.45) is -0.832.